The van der Waals surface area contributed by atoms with Crippen LogP contribution < -0.4 is 5.32 Å². The smallest absolute Gasteiger partial charge is 0.138 e. The van der Waals surface area contributed by atoms with E-state index in [1.165, 1.54) is 103 Å². The maximum absolute atomic E-state index is 9.93. The third-order valence-electron chi connectivity index (χ3n) is 5.63. The molecule has 1 aromatic carbocycles. The molecule has 0 saturated heterocycles. The quantitative estimate of drug-likeness (QED) is 0.209. The van der Waals surface area contributed by atoms with Gasteiger partial charge in [-0.15, -0.1) is 0 Å². The molecule has 0 aliphatic rings. The summed E-state index contributed by atoms with van der Waals surface area (Å²) in [7, 11) is 0. The van der Waals surface area contributed by atoms with Crippen molar-refractivity contribution in [2.24, 2.45) is 0 Å². The first-order valence-electron chi connectivity index (χ1n) is 12.0. The number of hydrogen-bond donors (Lipinski definition) is 2. The predicted octanol–water partition coefficient (Wildman–Crippen LogP) is 9.05. The molecule has 0 spiro atoms. The minimum atomic E-state index is 0.135. The van der Waals surface area contributed by atoms with Gasteiger partial charge in [0.1, 0.15) is 5.75 Å². The Morgan fingerprint density at radius 3 is 1.62 bits per heavy atom. The van der Waals surface area contributed by atoms with E-state index in [9.17, 15) is 5.11 Å². The summed E-state index contributed by atoms with van der Waals surface area (Å²) in [5.74, 6) is 0.135. The standard InChI is InChI=1S/C25H43Cl2NO/c1-2-3-4-5-6-7-8-9-10-11-12-13-14-15-16-17-18-28-21-22-19-23(26)20-24(27)25(22)29/h19-20,28-29H,2-18,21H2,1H3. The van der Waals surface area contributed by atoms with Crippen LogP contribution in [0.3, 0.4) is 0 Å². The molecule has 0 heterocycles. The number of nitrogens with one attached hydrogen (secondary N) is 1. The van der Waals surface area contributed by atoms with Crippen molar-refractivity contribution < 1.29 is 5.11 Å². The highest BCUT2D eigenvalue weighted by Gasteiger charge is 2.07. The first-order valence-corrected chi connectivity index (χ1v) is 12.8. The molecule has 2 N–H and O–H groups in total. The van der Waals surface area contributed by atoms with Gasteiger partial charge < -0.3 is 10.4 Å². The van der Waals surface area contributed by atoms with Gasteiger partial charge in [-0.2, -0.15) is 0 Å². The highest BCUT2D eigenvalue weighted by Crippen LogP contribution is 2.30. The van der Waals surface area contributed by atoms with E-state index in [4.69, 9.17) is 23.2 Å². The van der Waals surface area contributed by atoms with E-state index in [0.29, 0.717) is 16.6 Å². The van der Waals surface area contributed by atoms with Gasteiger partial charge in [-0.05, 0) is 25.1 Å². The van der Waals surface area contributed by atoms with Gasteiger partial charge in [-0.25, -0.2) is 0 Å². The SMILES string of the molecule is CCCCCCCCCCCCCCCCCCNCc1cc(Cl)cc(Cl)c1O. The van der Waals surface area contributed by atoms with Crippen LogP contribution >= 0.6 is 23.2 Å². The zero-order valence-electron chi connectivity index (χ0n) is 18.6. The van der Waals surface area contributed by atoms with Gasteiger partial charge in [0.2, 0.25) is 0 Å². The van der Waals surface area contributed by atoms with E-state index >= 15 is 0 Å². The van der Waals surface area contributed by atoms with Gasteiger partial charge in [0.25, 0.3) is 0 Å². The Hall–Kier alpha value is -0.440. The second-order valence-corrected chi connectivity index (χ2v) is 9.22. The fraction of sp³-hybridized carbons (Fsp3) is 0.760. The molecule has 0 aliphatic carbocycles. The minimum Gasteiger partial charge on any atom is -0.506 e. The zero-order valence-corrected chi connectivity index (χ0v) is 20.1. The van der Waals surface area contributed by atoms with Crippen LogP contribution in [-0.4, -0.2) is 11.7 Å². The first-order chi connectivity index (χ1) is 14.1. The Morgan fingerprint density at radius 1 is 0.690 bits per heavy atom. The van der Waals surface area contributed by atoms with E-state index in [1.807, 2.05) is 0 Å². The Labute approximate surface area is 189 Å². The number of rotatable bonds is 19. The summed E-state index contributed by atoms with van der Waals surface area (Å²) in [5, 5.41) is 14.2. The molecule has 1 aromatic rings. The molecule has 0 unspecified atom stereocenters. The van der Waals surface area contributed by atoms with Gasteiger partial charge >= 0.3 is 0 Å². The number of halogens is 2. The van der Waals surface area contributed by atoms with Crippen LogP contribution in [0, 0.1) is 0 Å². The van der Waals surface area contributed by atoms with Crippen LogP contribution in [-0.2, 0) is 6.54 Å². The number of aromatic hydroxyl groups is 1. The summed E-state index contributed by atoms with van der Waals surface area (Å²) in [6.07, 6.45) is 22.2. The van der Waals surface area contributed by atoms with Crippen molar-refractivity contribution in [3.05, 3.63) is 27.7 Å². The maximum Gasteiger partial charge on any atom is 0.138 e. The van der Waals surface area contributed by atoms with Crippen LogP contribution in [0.2, 0.25) is 10.0 Å². The lowest BCUT2D eigenvalue weighted by Crippen LogP contribution is -2.14. The number of benzene rings is 1. The molecule has 0 atom stereocenters. The van der Waals surface area contributed by atoms with Gasteiger partial charge in [0.15, 0.2) is 0 Å². The zero-order chi connectivity index (χ0) is 21.2. The van der Waals surface area contributed by atoms with Crippen LogP contribution in [0.25, 0.3) is 0 Å². The van der Waals surface area contributed by atoms with Crippen LogP contribution in [0.15, 0.2) is 12.1 Å². The molecular weight excluding hydrogens is 401 g/mol. The summed E-state index contributed by atoms with van der Waals surface area (Å²) >= 11 is 11.9. The molecule has 0 aromatic heterocycles. The van der Waals surface area contributed by atoms with Gasteiger partial charge in [-0.1, -0.05) is 126 Å². The molecule has 0 fully saturated rings. The molecule has 168 valence electrons. The lowest BCUT2D eigenvalue weighted by molar-refractivity contribution is 0.463. The van der Waals surface area contributed by atoms with Crippen molar-refractivity contribution in [3.63, 3.8) is 0 Å². The first kappa shape index (κ1) is 26.6. The summed E-state index contributed by atoms with van der Waals surface area (Å²) < 4.78 is 0. The number of phenolic OH excluding ortho intramolecular Hbond substituents is 1. The monoisotopic (exact) mass is 443 g/mol. The number of unbranched alkanes of at least 4 members (excludes halogenated alkanes) is 15. The number of phenols is 1. The van der Waals surface area contributed by atoms with E-state index in [1.54, 1.807) is 12.1 Å². The van der Waals surface area contributed by atoms with Crippen molar-refractivity contribution in [3.8, 4) is 5.75 Å². The average Bonchev–Trinajstić information content (AvgIpc) is 2.70. The Kier molecular flexibility index (Phi) is 16.8. The summed E-state index contributed by atoms with van der Waals surface area (Å²) in [6.45, 7) is 3.85. The van der Waals surface area contributed by atoms with Crippen LogP contribution in [0.1, 0.15) is 115 Å². The highest BCUT2D eigenvalue weighted by molar-refractivity contribution is 6.35. The van der Waals surface area contributed by atoms with Crippen molar-refractivity contribution in [1.29, 1.82) is 0 Å². The molecule has 29 heavy (non-hydrogen) atoms. The Morgan fingerprint density at radius 2 is 1.14 bits per heavy atom. The predicted molar refractivity (Wildman–Crippen MR) is 129 cm³/mol. The maximum atomic E-state index is 9.93. The third-order valence-corrected chi connectivity index (χ3v) is 6.14. The van der Waals surface area contributed by atoms with Crippen molar-refractivity contribution in [2.45, 2.75) is 116 Å². The van der Waals surface area contributed by atoms with Gasteiger partial charge in [0.05, 0.1) is 5.02 Å². The lowest BCUT2D eigenvalue weighted by Gasteiger charge is -2.09. The van der Waals surface area contributed by atoms with Crippen LogP contribution in [0.4, 0.5) is 0 Å². The fourth-order valence-corrected chi connectivity index (χ4v) is 4.31. The Bertz CT molecular complexity index is 522. The summed E-state index contributed by atoms with van der Waals surface area (Å²) in [5.41, 5.74) is 0.763. The molecule has 0 radical (unpaired) electrons. The van der Waals surface area contributed by atoms with Crippen molar-refractivity contribution >= 4 is 23.2 Å². The summed E-state index contributed by atoms with van der Waals surface area (Å²) in [6, 6.07) is 3.33. The van der Waals surface area contributed by atoms with Crippen molar-refractivity contribution in [1.82, 2.24) is 5.32 Å². The molecule has 0 saturated carbocycles. The van der Waals surface area contributed by atoms with Crippen molar-refractivity contribution in [2.75, 3.05) is 6.54 Å². The Balaban J connectivity index is 1.82. The van der Waals surface area contributed by atoms with E-state index in [-0.39, 0.29) is 5.75 Å². The van der Waals surface area contributed by atoms with E-state index < -0.39 is 0 Å². The number of hydrogen-bond acceptors (Lipinski definition) is 2. The third kappa shape index (κ3) is 14.2. The van der Waals surface area contributed by atoms with Gasteiger partial charge in [-0.3, -0.25) is 0 Å². The second kappa shape index (κ2) is 18.3. The molecule has 0 amide bonds. The summed E-state index contributed by atoms with van der Waals surface area (Å²) in [4.78, 5) is 0. The molecule has 1 rings (SSSR count). The molecule has 0 aliphatic heterocycles. The van der Waals surface area contributed by atoms with E-state index in [0.717, 1.165) is 12.1 Å². The topological polar surface area (TPSA) is 32.3 Å². The molecular formula is C25H43Cl2NO. The van der Waals surface area contributed by atoms with Gasteiger partial charge in [0, 0.05) is 17.1 Å². The largest absolute Gasteiger partial charge is 0.506 e. The average molecular weight is 445 g/mol. The molecule has 2 nitrogen and oxygen atoms in total. The fourth-order valence-electron chi connectivity index (χ4n) is 3.78. The minimum absolute atomic E-state index is 0.135. The normalized spacial score (nSPS) is 11.3. The molecule has 4 heteroatoms. The van der Waals surface area contributed by atoms with Crippen LogP contribution in [0.5, 0.6) is 5.75 Å². The lowest BCUT2D eigenvalue weighted by atomic mass is 10.0. The second-order valence-electron chi connectivity index (χ2n) is 8.38. The highest BCUT2D eigenvalue weighted by atomic mass is 35.5. The molecule has 0 bridgehead atoms. The van der Waals surface area contributed by atoms with E-state index in [2.05, 4.69) is 12.2 Å².